The second-order valence-corrected chi connectivity index (χ2v) is 13.8. The molecule has 5 N–H and O–H groups in total. The summed E-state index contributed by atoms with van der Waals surface area (Å²) in [5.74, 6) is -2.69. The number of amides is 2. The molecule has 13 nitrogen and oxygen atoms in total. The summed E-state index contributed by atoms with van der Waals surface area (Å²) < 4.78 is 68.9. The largest absolute Gasteiger partial charge is 0.444 e. The number of azide groups is 1. The van der Waals surface area contributed by atoms with Crippen LogP contribution in [0.5, 0.6) is 0 Å². The molecule has 0 spiro atoms. The Balaban J connectivity index is 1.63. The highest BCUT2D eigenvalue weighted by molar-refractivity contribution is 7.89. The van der Waals surface area contributed by atoms with Gasteiger partial charge in [-0.05, 0) is 86.0 Å². The van der Waals surface area contributed by atoms with Crippen LogP contribution in [0.2, 0.25) is 0 Å². The van der Waals surface area contributed by atoms with Crippen LogP contribution < -0.4 is 15.8 Å². The number of rotatable bonds is 16. The molecule has 16 heteroatoms. The minimum atomic E-state index is -4.12. The van der Waals surface area contributed by atoms with Crippen molar-refractivity contribution < 1.29 is 41.4 Å². The van der Waals surface area contributed by atoms with Crippen molar-refractivity contribution in [1.82, 2.24) is 4.72 Å². The number of primary amides is 1. The maximum absolute atomic E-state index is 15.5. The van der Waals surface area contributed by atoms with Crippen molar-refractivity contribution in [2.75, 3.05) is 18.5 Å². The number of nitrogens with zero attached hydrogens (tertiary/aromatic N) is 3. The molecule has 1 fully saturated rings. The fourth-order valence-electron chi connectivity index (χ4n) is 6.16. The summed E-state index contributed by atoms with van der Waals surface area (Å²) in [4.78, 5) is 28.3. The van der Waals surface area contributed by atoms with Gasteiger partial charge in [-0.25, -0.2) is 26.7 Å². The Hall–Kier alpha value is -4.60. The fraction of sp³-hybridized carbons (Fsp3) is 0.412. The molecule has 0 radical (unpaired) electrons. The molecule has 1 aliphatic heterocycles. The predicted molar refractivity (Wildman–Crippen MR) is 180 cm³/mol. The van der Waals surface area contributed by atoms with Crippen LogP contribution in [0.15, 0.2) is 82.8 Å². The third-order valence-electron chi connectivity index (χ3n) is 8.63. The number of aliphatic hydroxyl groups is 1. The number of sulfonamides is 1. The molecule has 0 aliphatic carbocycles. The van der Waals surface area contributed by atoms with Gasteiger partial charge in [0.05, 0.1) is 11.0 Å². The van der Waals surface area contributed by atoms with E-state index in [1.54, 1.807) is 18.2 Å². The lowest BCUT2D eigenvalue weighted by Crippen LogP contribution is -2.42. The van der Waals surface area contributed by atoms with Crippen molar-refractivity contribution in [2.45, 2.75) is 74.1 Å². The topological polar surface area (TPSA) is 206 Å². The molecule has 1 saturated heterocycles. The van der Waals surface area contributed by atoms with Crippen molar-refractivity contribution >= 4 is 27.7 Å². The molecule has 0 saturated carbocycles. The summed E-state index contributed by atoms with van der Waals surface area (Å²) in [5, 5.41) is 16.8. The summed E-state index contributed by atoms with van der Waals surface area (Å²) in [5.41, 5.74) is 15.3. The van der Waals surface area contributed by atoms with E-state index in [9.17, 15) is 33.0 Å². The van der Waals surface area contributed by atoms with Gasteiger partial charge in [0.15, 0.2) is 0 Å². The lowest BCUT2D eigenvalue weighted by atomic mass is 9.76. The zero-order chi connectivity index (χ0) is 36.3. The van der Waals surface area contributed by atoms with Crippen molar-refractivity contribution in [3.63, 3.8) is 0 Å². The zero-order valence-corrected chi connectivity index (χ0v) is 28.1. The first-order valence-corrected chi connectivity index (χ1v) is 17.5. The van der Waals surface area contributed by atoms with Gasteiger partial charge in [-0.3, -0.25) is 4.79 Å². The maximum Gasteiger partial charge on any atom is 0.404 e. The average Bonchev–Trinajstić information content (AvgIpc) is 3.08. The Kier molecular flexibility index (Phi) is 13.7. The number of hydrogen-bond acceptors (Lipinski definition) is 8. The van der Waals surface area contributed by atoms with Crippen LogP contribution in [0, 0.1) is 17.6 Å². The third-order valence-corrected chi connectivity index (χ3v) is 10.2. The number of hydrogen-bond donors (Lipinski definition) is 4. The van der Waals surface area contributed by atoms with Gasteiger partial charge in [0.1, 0.15) is 23.8 Å². The van der Waals surface area contributed by atoms with Gasteiger partial charge < -0.3 is 25.6 Å². The highest BCUT2D eigenvalue weighted by atomic mass is 32.2. The van der Waals surface area contributed by atoms with Crippen molar-refractivity contribution in [1.29, 1.82) is 0 Å². The quantitative estimate of drug-likeness (QED) is 0.0873. The van der Waals surface area contributed by atoms with E-state index in [-0.39, 0.29) is 41.3 Å². The van der Waals surface area contributed by atoms with Gasteiger partial charge in [0.2, 0.25) is 15.9 Å². The zero-order valence-electron chi connectivity index (χ0n) is 27.3. The number of nitrogens with two attached hydrogens (primary N) is 1. The van der Waals surface area contributed by atoms with Gasteiger partial charge >= 0.3 is 6.09 Å². The molecule has 4 rings (SSSR count). The van der Waals surface area contributed by atoms with Crippen LogP contribution in [0.4, 0.5) is 19.3 Å². The first-order valence-electron chi connectivity index (χ1n) is 16.1. The van der Waals surface area contributed by atoms with Crippen LogP contribution in [-0.4, -0.2) is 63.0 Å². The van der Waals surface area contributed by atoms with E-state index < -0.39 is 63.9 Å². The van der Waals surface area contributed by atoms with E-state index in [0.717, 1.165) is 0 Å². The van der Waals surface area contributed by atoms with Gasteiger partial charge in [-0.1, -0.05) is 41.5 Å². The lowest BCUT2D eigenvalue weighted by Gasteiger charge is -2.34. The predicted octanol–water partition coefficient (Wildman–Crippen LogP) is 5.31. The Morgan fingerprint density at radius 2 is 1.76 bits per heavy atom. The number of halogens is 2. The lowest BCUT2D eigenvalue weighted by molar-refractivity contribution is -0.118. The van der Waals surface area contributed by atoms with Crippen LogP contribution in [-0.2, 0) is 30.7 Å². The van der Waals surface area contributed by atoms with Crippen LogP contribution >= 0.6 is 0 Å². The van der Waals surface area contributed by atoms with E-state index in [1.165, 1.54) is 61.5 Å². The second kappa shape index (κ2) is 17.9. The van der Waals surface area contributed by atoms with Gasteiger partial charge in [0.25, 0.3) is 0 Å². The van der Waals surface area contributed by atoms with E-state index in [0.29, 0.717) is 31.6 Å². The van der Waals surface area contributed by atoms with Crippen molar-refractivity contribution in [3.8, 4) is 0 Å². The monoisotopic (exact) mass is 714 g/mol. The molecule has 3 aromatic rings. The number of carbonyl (C=O) groups is 2. The number of ether oxygens (including phenoxy) is 2. The maximum atomic E-state index is 15.5. The summed E-state index contributed by atoms with van der Waals surface area (Å²) in [6.07, 6.45) is -2.88. The Labute approximate surface area is 288 Å². The van der Waals surface area contributed by atoms with E-state index in [4.69, 9.17) is 15.2 Å². The SMILES string of the molecule is CC(O)[C@@H](C[C@H](CCc1c(F)cccc1NC(=O)[C@@H](N=[N+]=[N-])[C@@H](c1ccc(F)cc1)C1CCOCC1)NS(=O)(=O)c1ccccc1)OC(N)=O. The van der Waals surface area contributed by atoms with Gasteiger partial charge in [-0.2, -0.15) is 0 Å². The standard InChI is InChI=1S/C34H40F2N6O7S/c1-21(43)30(49-34(37)45)20-25(41-50(46,47)26-6-3-2-4-7-26)14-15-27-28(36)8-5-9-29(27)39-33(44)32(40-42-38)31(23-16-18-48-19-17-23)22-10-12-24(35)13-11-22/h2-13,21,23,25,30-32,41,43H,14-20H2,1H3,(H2,37,45)(H,39,44)/t21?,25-,30+,31-,32-/m0/s1. The Bertz CT molecular complexity index is 1750. The molecular formula is C34H40F2N6O7S. The minimum Gasteiger partial charge on any atom is -0.444 e. The summed E-state index contributed by atoms with van der Waals surface area (Å²) >= 11 is 0. The molecule has 50 heavy (non-hydrogen) atoms. The van der Waals surface area contributed by atoms with Crippen molar-refractivity contribution in [3.05, 3.63) is 106 Å². The van der Waals surface area contributed by atoms with Gasteiger partial charge in [-0.15, -0.1) is 0 Å². The van der Waals surface area contributed by atoms with E-state index in [1.807, 2.05) is 0 Å². The van der Waals surface area contributed by atoms with Crippen molar-refractivity contribution in [2.24, 2.45) is 16.8 Å². The minimum absolute atomic E-state index is 0.0262. The first-order chi connectivity index (χ1) is 23.9. The summed E-state index contributed by atoms with van der Waals surface area (Å²) in [6, 6.07) is 14.8. The summed E-state index contributed by atoms with van der Waals surface area (Å²) in [6.45, 7) is 2.20. The third kappa shape index (κ3) is 10.5. The normalized spacial score (nSPS) is 16.6. The fourth-order valence-corrected chi connectivity index (χ4v) is 7.46. The highest BCUT2D eigenvalue weighted by Gasteiger charge is 2.36. The first kappa shape index (κ1) is 38.2. The number of nitrogens with one attached hydrogen (secondary N) is 2. The van der Waals surface area contributed by atoms with Crippen LogP contribution in [0.1, 0.15) is 49.7 Å². The van der Waals surface area contributed by atoms with Crippen LogP contribution in [0.25, 0.3) is 10.4 Å². The summed E-state index contributed by atoms with van der Waals surface area (Å²) in [7, 11) is -4.12. The number of carbonyl (C=O) groups excluding carboxylic acids is 2. The smallest absolute Gasteiger partial charge is 0.404 e. The molecule has 3 aromatic carbocycles. The molecule has 1 unspecified atom stereocenters. The molecule has 1 aliphatic rings. The Morgan fingerprint density at radius 3 is 2.38 bits per heavy atom. The number of aliphatic hydroxyl groups excluding tert-OH is 1. The molecular weight excluding hydrogens is 674 g/mol. The van der Waals surface area contributed by atoms with Crippen LogP contribution in [0.3, 0.4) is 0 Å². The molecule has 1 heterocycles. The van der Waals surface area contributed by atoms with Gasteiger partial charge in [0, 0.05) is 47.8 Å². The molecule has 5 atom stereocenters. The second-order valence-electron chi connectivity index (χ2n) is 12.1. The average molecular weight is 715 g/mol. The molecule has 0 aromatic heterocycles. The Morgan fingerprint density at radius 1 is 1.08 bits per heavy atom. The number of benzene rings is 3. The number of anilines is 1. The van der Waals surface area contributed by atoms with E-state index in [2.05, 4.69) is 20.1 Å². The highest BCUT2D eigenvalue weighted by Crippen LogP contribution is 2.37. The van der Waals surface area contributed by atoms with E-state index >= 15 is 4.39 Å². The molecule has 0 bridgehead atoms. The molecule has 268 valence electrons. The molecule has 2 amide bonds.